The van der Waals surface area contributed by atoms with Crippen LogP contribution in [0.2, 0.25) is 0 Å². The Kier molecular flexibility index (Phi) is 5.20. The fourth-order valence-corrected chi connectivity index (χ4v) is 6.74. The summed E-state index contributed by atoms with van der Waals surface area (Å²) in [5.74, 6) is 0.588. The highest BCUT2D eigenvalue weighted by molar-refractivity contribution is 7.99. The third-order valence-corrected chi connectivity index (χ3v) is 8.24. The number of imidazole rings is 1. The van der Waals surface area contributed by atoms with Gasteiger partial charge >= 0.3 is 0 Å². The minimum absolute atomic E-state index is 0.0445. The van der Waals surface area contributed by atoms with Crippen LogP contribution in [0.3, 0.4) is 0 Å². The van der Waals surface area contributed by atoms with Crippen LogP contribution in [0.1, 0.15) is 28.3 Å². The predicted molar refractivity (Wildman–Crippen MR) is 122 cm³/mol. The lowest BCUT2D eigenvalue weighted by Gasteiger charge is -2.35. The fourth-order valence-electron chi connectivity index (χ4n) is 4.02. The standard InChI is InChI=1S/C22H21N3OS3/c1-2-24-17-7-4-3-6-16(17)23-22(24)29-14-20(26)25-11-9-18-15(10-13-28-18)21(25)19-8-5-12-27-19/h3-8,10,12-13,21H,2,9,11,14H2,1H3. The van der Waals surface area contributed by atoms with Gasteiger partial charge in [-0.1, -0.05) is 30.0 Å². The Morgan fingerprint density at radius 2 is 2.07 bits per heavy atom. The lowest BCUT2D eigenvalue weighted by Crippen LogP contribution is -2.40. The van der Waals surface area contributed by atoms with Gasteiger partial charge in [0.2, 0.25) is 5.91 Å². The Labute approximate surface area is 182 Å². The van der Waals surface area contributed by atoms with E-state index in [1.807, 2.05) is 18.2 Å². The average molecular weight is 440 g/mol. The molecule has 29 heavy (non-hydrogen) atoms. The highest BCUT2D eigenvalue weighted by Gasteiger charge is 2.33. The molecule has 3 aromatic heterocycles. The molecule has 5 rings (SSSR count). The maximum absolute atomic E-state index is 13.3. The van der Waals surface area contributed by atoms with Gasteiger partial charge in [-0.25, -0.2) is 4.98 Å². The summed E-state index contributed by atoms with van der Waals surface area (Å²) in [6, 6.07) is 14.6. The molecule has 4 nitrogen and oxygen atoms in total. The highest BCUT2D eigenvalue weighted by Crippen LogP contribution is 2.40. The predicted octanol–water partition coefficient (Wildman–Crippen LogP) is 5.45. The van der Waals surface area contributed by atoms with Gasteiger partial charge in [0.05, 0.1) is 22.8 Å². The lowest BCUT2D eigenvalue weighted by atomic mass is 9.98. The van der Waals surface area contributed by atoms with E-state index in [4.69, 9.17) is 4.98 Å². The number of benzene rings is 1. The van der Waals surface area contributed by atoms with Crippen LogP contribution in [0, 0.1) is 0 Å². The molecule has 0 saturated heterocycles. The zero-order valence-corrected chi connectivity index (χ0v) is 18.5. The quantitative estimate of drug-likeness (QED) is 0.388. The molecule has 0 saturated carbocycles. The molecule has 4 aromatic rings. The third-order valence-electron chi connectivity index (χ3n) is 5.36. The monoisotopic (exact) mass is 439 g/mol. The van der Waals surface area contributed by atoms with E-state index in [1.54, 1.807) is 34.4 Å². The van der Waals surface area contributed by atoms with Gasteiger partial charge < -0.3 is 9.47 Å². The number of nitrogens with zero attached hydrogens (tertiary/aromatic N) is 3. The number of rotatable bonds is 5. The smallest absolute Gasteiger partial charge is 0.233 e. The molecule has 1 atom stereocenters. The SMILES string of the molecule is CCn1c(SCC(=O)N2CCc3sccc3C2c2cccs2)nc2ccccc21. The first-order chi connectivity index (χ1) is 14.3. The van der Waals surface area contributed by atoms with Crippen LogP contribution < -0.4 is 0 Å². The van der Waals surface area contributed by atoms with Gasteiger partial charge in [0, 0.05) is 22.8 Å². The van der Waals surface area contributed by atoms with Gasteiger partial charge in [0.15, 0.2) is 5.16 Å². The molecule has 0 fully saturated rings. The number of para-hydroxylation sites is 2. The van der Waals surface area contributed by atoms with E-state index >= 15 is 0 Å². The highest BCUT2D eigenvalue weighted by atomic mass is 32.2. The van der Waals surface area contributed by atoms with E-state index in [-0.39, 0.29) is 11.9 Å². The number of aryl methyl sites for hydroxylation is 1. The van der Waals surface area contributed by atoms with E-state index in [0.29, 0.717) is 5.75 Å². The van der Waals surface area contributed by atoms with Crippen molar-refractivity contribution in [1.29, 1.82) is 0 Å². The molecule has 7 heteroatoms. The molecule has 1 aliphatic heterocycles. The first-order valence-corrected chi connectivity index (χ1v) is 12.5. The van der Waals surface area contributed by atoms with E-state index in [1.165, 1.54) is 15.3 Å². The second-order valence-corrected chi connectivity index (χ2v) is 9.89. The van der Waals surface area contributed by atoms with E-state index in [2.05, 4.69) is 51.4 Å². The number of carbonyl (C=O) groups is 1. The van der Waals surface area contributed by atoms with E-state index < -0.39 is 0 Å². The largest absolute Gasteiger partial charge is 0.330 e. The van der Waals surface area contributed by atoms with E-state index in [0.717, 1.165) is 35.7 Å². The number of carbonyl (C=O) groups excluding carboxylic acids is 1. The van der Waals surface area contributed by atoms with Gasteiger partial charge in [0.25, 0.3) is 0 Å². The summed E-state index contributed by atoms with van der Waals surface area (Å²) in [5, 5.41) is 5.16. The Balaban J connectivity index is 1.39. The molecule has 0 radical (unpaired) electrons. The lowest BCUT2D eigenvalue weighted by molar-refractivity contribution is -0.130. The summed E-state index contributed by atoms with van der Waals surface area (Å²) in [7, 11) is 0. The zero-order valence-electron chi connectivity index (χ0n) is 16.1. The van der Waals surface area contributed by atoms with Crippen LogP contribution >= 0.6 is 34.4 Å². The Morgan fingerprint density at radius 1 is 1.17 bits per heavy atom. The van der Waals surface area contributed by atoms with Crippen LogP contribution in [0.25, 0.3) is 11.0 Å². The van der Waals surface area contributed by atoms with Crippen molar-refractivity contribution in [3.63, 3.8) is 0 Å². The first kappa shape index (κ1) is 18.9. The average Bonchev–Trinajstić information content (AvgIpc) is 3.50. The molecule has 0 spiro atoms. The van der Waals surface area contributed by atoms with Crippen molar-refractivity contribution < 1.29 is 4.79 Å². The molecule has 1 aliphatic rings. The van der Waals surface area contributed by atoms with E-state index in [9.17, 15) is 4.79 Å². The van der Waals surface area contributed by atoms with Gasteiger partial charge in [-0.2, -0.15) is 0 Å². The number of amides is 1. The number of aromatic nitrogens is 2. The zero-order chi connectivity index (χ0) is 19.8. The fraction of sp³-hybridized carbons (Fsp3) is 0.273. The van der Waals surface area contributed by atoms with Crippen LogP contribution in [0.15, 0.2) is 58.4 Å². The summed E-state index contributed by atoms with van der Waals surface area (Å²) in [6.45, 7) is 3.74. The molecule has 0 N–H and O–H groups in total. The van der Waals surface area contributed by atoms with Crippen molar-refractivity contribution >= 4 is 51.4 Å². The Hall–Kier alpha value is -2.09. The van der Waals surface area contributed by atoms with Gasteiger partial charge in [-0.3, -0.25) is 4.79 Å². The van der Waals surface area contributed by atoms with Gasteiger partial charge in [-0.15, -0.1) is 22.7 Å². The summed E-state index contributed by atoms with van der Waals surface area (Å²) >= 11 is 5.08. The first-order valence-electron chi connectivity index (χ1n) is 9.73. The Morgan fingerprint density at radius 3 is 2.90 bits per heavy atom. The molecule has 0 bridgehead atoms. The second kappa shape index (κ2) is 7.97. The summed E-state index contributed by atoms with van der Waals surface area (Å²) < 4.78 is 2.19. The maximum Gasteiger partial charge on any atom is 0.233 e. The topological polar surface area (TPSA) is 38.1 Å². The molecular weight excluding hydrogens is 418 g/mol. The summed E-state index contributed by atoms with van der Waals surface area (Å²) in [4.78, 5) is 22.8. The van der Waals surface area contributed by atoms with Gasteiger partial charge in [0.1, 0.15) is 0 Å². The molecule has 0 aliphatic carbocycles. The third kappa shape index (κ3) is 3.41. The number of thioether (sulfide) groups is 1. The number of fused-ring (bicyclic) bond motifs is 2. The van der Waals surface area contributed by atoms with Crippen LogP contribution in [-0.2, 0) is 17.8 Å². The molecule has 148 valence electrons. The molecule has 4 heterocycles. The number of hydrogen-bond acceptors (Lipinski definition) is 5. The molecule has 1 amide bonds. The van der Waals surface area contributed by atoms with Crippen molar-refractivity contribution in [2.45, 2.75) is 31.1 Å². The van der Waals surface area contributed by atoms with Crippen LogP contribution in [0.5, 0.6) is 0 Å². The summed E-state index contributed by atoms with van der Waals surface area (Å²) in [6.07, 6.45) is 0.943. The maximum atomic E-state index is 13.3. The van der Waals surface area contributed by atoms with Crippen LogP contribution in [-0.4, -0.2) is 32.7 Å². The van der Waals surface area contributed by atoms with Crippen molar-refractivity contribution in [3.05, 3.63) is 68.5 Å². The molecule has 1 unspecified atom stereocenters. The van der Waals surface area contributed by atoms with Crippen molar-refractivity contribution in [2.75, 3.05) is 12.3 Å². The van der Waals surface area contributed by atoms with Crippen LogP contribution in [0.4, 0.5) is 0 Å². The molecule has 1 aromatic carbocycles. The van der Waals surface area contributed by atoms with Crippen molar-refractivity contribution in [1.82, 2.24) is 14.5 Å². The minimum atomic E-state index is 0.0445. The minimum Gasteiger partial charge on any atom is -0.330 e. The number of thiophene rings is 2. The second-order valence-electron chi connectivity index (χ2n) is 6.97. The molecular formula is C22H21N3OS3. The Bertz CT molecular complexity index is 1150. The van der Waals surface area contributed by atoms with Crippen molar-refractivity contribution in [2.24, 2.45) is 0 Å². The normalized spacial score (nSPS) is 16.3. The van der Waals surface area contributed by atoms with Crippen molar-refractivity contribution in [3.8, 4) is 0 Å². The summed E-state index contributed by atoms with van der Waals surface area (Å²) in [5.41, 5.74) is 3.41. The number of hydrogen-bond donors (Lipinski definition) is 0. The van der Waals surface area contributed by atoms with Gasteiger partial charge in [-0.05, 0) is 53.9 Å².